The summed E-state index contributed by atoms with van der Waals surface area (Å²) in [4.78, 5) is 30.9. The number of rotatable bonds is 11. The number of ether oxygens (including phenoxy) is 4. The van der Waals surface area contributed by atoms with E-state index in [2.05, 4.69) is 4.90 Å². The lowest BCUT2D eigenvalue weighted by molar-refractivity contribution is -0.140. The van der Waals surface area contributed by atoms with Crippen LogP contribution in [0, 0.1) is 6.92 Å². The van der Waals surface area contributed by atoms with Gasteiger partial charge >= 0.3 is 0 Å². The molecule has 3 aromatic carbocycles. The number of Topliss-reactive ketones (excluding diaryl/α,β-unsaturated/α-hetero) is 1. The molecule has 0 radical (unpaired) electrons. The molecule has 1 unspecified atom stereocenters. The molecule has 2 aliphatic rings. The lowest BCUT2D eigenvalue weighted by atomic mass is 9.94. The molecule has 2 saturated heterocycles. The summed E-state index contributed by atoms with van der Waals surface area (Å²) in [5.74, 6) is 0.0753. The van der Waals surface area contributed by atoms with E-state index in [4.69, 9.17) is 18.9 Å². The first-order valence-corrected chi connectivity index (χ1v) is 14.5. The molecule has 9 nitrogen and oxygen atoms in total. The average Bonchev–Trinajstić information content (AvgIpc) is 3.29. The summed E-state index contributed by atoms with van der Waals surface area (Å²) < 4.78 is 22.5. The fourth-order valence-electron chi connectivity index (χ4n) is 5.64. The maximum Gasteiger partial charge on any atom is 0.295 e. The van der Waals surface area contributed by atoms with Crippen molar-refractivity contribution in [2.45, 2.75) is 26.0 Å². The molecule has 0 bridgehead atoms. The second-order valence-corrected chi connectivity index (χ2v) is 10.7. The summed E-state index contributed by atoms with van der Waals surface area (Å²) in [6, 6.07) is 19.5. The van der Waals surface area contributed by atoms with Gasteiger partial charge in [0.15, 0.2) is 11.5 Å². The topological polar surface area (TPSA) is 97.8 Å². The Hall–Kier alpha value is -4.34. The second kappa shape index (κ2) is 13.8. The van der Waals surface area contributed by atoms with E-state index in [1.807, 2.05) is 43.3 Å². The maximum absolute atomic E-state index is 13.6. The molecule has 1 amide bonds. The summed E-state index contributed by atoms with van der Waals surface area (Å²) in [5, 5.41) is 11.5. The zero-order chi connectivity index (χ0) is 30.3. The highest BCUT2D eigenvalue weighted by atomic mass is 16.5. The molecule has 0 aliphatic carbocycles. The van der Waals surface area contributed by atoms with E-state index in [-0.39, 0.29) is 11.3 Å². The lowest BCUT2D eigenvalue weighted by Gasteiger charge is -2.29. The number of aliphatic hydroxyl groups is 1. The number of amides is 1. The van der Waals surface area contributed by atoms with E-state index in [1.54, 1.807) is 49.5 Å². The predicted molar refractivity (Wildman–Crippen MR) is 162 cm³/mol. The molecular formula is C34H38N2O7. The minimum absolute atomic E-state index is 0.0425. The largest absolute Gasteiger partial charge is 0.507 e. The number of nitrogens with zero attached hydrogens (tertiary/aromatic N) is 2. The van der Waals surface area contributed by atoms with E-state index in [0.29, 0.717) is 61.2 Å². The van der Waals surface area contributed by atoms with Crippen LogP contribution in [0.25, 0.3) is 5.76 Å². The van der Waals surface area contributed by atoms with Gasteiger partial charge in [0, 0.05) is 31.7 Å². The third-order valence-electron chi connectivity index (χ3n) is 7.93. The Labute approximate surface area is 252 Å². The molecule has 0 saturated carbocycles. The van der Waals surface area contributed by atoms with Gasteiger partial charge < -0.3 is 29.0 Å². The van der Waals surface area contributed by atoms with Crippen LogP contribution >= 0.6 is 0 Å². The van der Waals surface area contributed by atoms with Gasteiger partial charge in [-0.05, 0) is 60.4 Å². The van der Waals surface area contributed by atoms with Crippen LogP contribution in [0.5, 0.6) is 17.2 Å². The van der Waals surface area contributed by atoms with Gasteiger partial charge in [-0.25, -0.2) is 0 Å². The summed E-state index contributed by atoms with van der Waals surface area (Å²) in [5.41, 5.74) is 2.92. The summed E-state index contributed by atoms with van der Waals surface area (Å²) in [6.07, 6.45) is 0.667. The van der Waals surface area contributed by atoms with Crippen molar-refractivity contribution >= 4 is 17.4 Å². The van der Waals surface area contributed by atoms with Crippen molar-refractivity contribution in [3.63, 3.8) is 0 Å². The third kappa shape index (κ3) is 6.68. The van der Waals surface area contributed by atoms with Crippen molar-refractivity contribution in [3.05, 3.63) is 94.6 Å². The molecule has 226 valence electrons. The highest BCUT2D eigenvalue weighted by Crippen LogP contribution is 2.42. The van der Waals surface area contributed by atoms with Gasteiger partial charge in [-0.1, -0.05) is 36.4 Å². The molecule has 0 spiro atoms. The summed E-state index contributed by atoms with van der Waals surface area (Å²) in [6.45, 7) is 6.37. The average molecular weight is 587 g/mol. The Balaban J connectivity index is 1.49. The van der Waals surface area contributed by atoms with E-state index in [1.165, 1.54) is 0 Å². The van der Waals surface area contributed by atoms with Crippen LogP contribution in [-0.4, -0.2) is 80.2 Å². The van der Waals surface area contributed by atoms with Crippen molar-refractivity contribution in [3.8, 4) is 17.2 Å². The van der Waals surface area contributed by atoms with Crippen LogP contribution in [0.4, 0.5) is 0 Å². The Morgan fingerprint density at radius 3 is 2.33 bits per heavy atom. The first-order valence-electron chi connectivity index (χ1n) is 14.5. The molecule has 0 aromatic heterocycles. The fourth-order valence-corrected chi connectivity index (χ4v) is 5.64. The number of methoxy groups -OCH3 is 2. The Bertz CT molecular complexity index is 1480. The monoisotopic (exact) mass is 586 g/mol. The number of likely N-dealkylation sites (tertiary alicyclic amines) is 1. The normalized spacial score (nSPS) is 18.6. The molecule has 2 heterocycles. The van der Waals surface area contributed by atoms with E-state index in [0.717, 1.165) is 30.8 Å². The highest BCUT2D eigenvalue weighted by molar-refractivity contribution is 6.46. The molecule has 9 heteroatoms. The molecule has 5 rings (SSSR count). The smallest absolute Gasteiger partial charge is 0.295 e. The molecule has 2 aliphatic heterocycles. The van der Waals surface area contributed by atoms with Gasteiger partial charge in [0.25, 0.3) is 11.7 Å². The molecule has 2 fully saturated rings. The zero-order valence-corrected chi connectivity index (χ0v) is 24.9. The van der Waals surface area contributed by atoms with Gasteiger partial charge in [-0.2, -0.15) is 0 Å². The van der Waals surface area contributed by atoms with Gasteiger partial charge in [-0.15, -0.1) is 0 Å². The number of hydrogen-bond donors (Lipinski definition) is 1. The number of ketones is 1. The number of aryl methyl sites for hydroxylation is 1. The molecule has 1 atom stereocenters. The first kappa shape index (κ1) is 30.1. The van der Waals surface area contributed by atoms with Gasteiger partial charge in [0.05, 0.1) is 39.0 Å². The van der Waals surface area contributed by atoms with E-state index >= 15 is 0 Å². The Morgan fingerprint density at radius 1 is 0.907 bits per heavy atom. The zero-order valence-electron chi connectivity index (χ0n) is 24.9. The Morgan fingerprint density at radius 2 is 1.63 bits per heavy atom. The number of aliphatic hydroxyl groups excluding tert-OH is 1. The molecule has 1 N–H and O–H groups in total. The number of carbonyl (C=O) groups excluding carboxylic acids is 2. The minimum Gasteiger partial charge on any atom is -0.507 e. The standard InChI is InChI=1S/C34H38N2O7/c1-23-20-26(11-12-27(23)40-2)32(37)30-31(36(34(39)33(30)38)15-7-14-35-16-18-42-19-17-35)25-10-13-28(29(21-25)41-3)43-22-24-8-5-4-6-9-24/h4-6,8-13,20-21,31,37H,7,14-19,22H2,1-3H3/b32-30+. The number of hydrogen-bond acceptors (Lipinski definition) is 8. The van der Waals surface area contributed by atoms with Crippen LogP contribution in [0.2, 0.25) is 0 Å². The first-order chi connectivity index (χ1) is 20.9. The molecule has 3 aromatic rings. The summed E-state index contributed by atoms with van der Waals surface area (Å²) in [7, 11) is 3.12. The van der Waals surface area contributed by atoms with Gasteiger partial charge in [0.2, 0.25) is 0 Å². The van der Waals surface area contributed by atoms with Crippen molar-refractivity contribution in [2.75, 3.05) is 53.6 Å². The fraction of sp³-hybridized carbons (Fsp3) is 0.353. The van der Waals surface area contributed by atoms with Crippen LogP contribution < -0.4 is 14.2 Å². The second-order valence-electron chi connectivity index (χ2n) is 10.7. The van der Waals surface area contributed by atoms with Crippen LogP contribution in [0.15, 0.2) is 72.3 Å². The minimum atomic E-state index is -0.802. The van der Waals surface area contributed by atoms with Crippen molar-refractivity contribution < 1.29 is 33.6 Å². The number of benzene rings is 3. The van der Waals surface area contributed by atoms with Crippen LogP contribution in [0.3, 0.4) is 0 Å². The molecule has 43 heavy (non-hydrogen) atoms. The van der Waals surface area contributed by atoms with Crippen molar-refractivity contribution in [2.24, 2.45) is 0 Å². The summed E-state index contributed by atoms with van der Waals surface area (Å²) >= 11 is 0. The van der Waals surface area contributed by atoms with Crippen LogP contribution in [0.1, 0.15) is 34.7 Å². The van der Waals surface area contributed by atoms with Gasteiger partial charge in [0.1, 0.15) is 18.1 Å². The number of morpholine rings is 1. The van der Waals surface area contributed by atoms with E-state index < -0.39 is 17.7 Å². The van der Waals surface area contributed by atoms with Crippen LogP contribution in [-0.2, 0) is 20.9 Å². The van der Waals surface area contributed by atoms with Crippen molar-refractivity contribution in [1.82, 2.24) is 9.80 Å². The molecular weight excluding hydrogens is 548 g/mol. The Kier molecular flexibility index (Phi) is 9.64. The SMILES string of the molecule is COc1ccc(/C(O)=C2\C(=O)C(=O)N(CCCN3CCOCC3)C2c2ccc(OCc3ccccc3)c(OC)c2)cc1C. The quantitative estimate of drug-likeness (QED) is 0.196. The third-order valence-corrected chi connectivity index (χ3v) is 7.93. The van der Waals surface area contributed by atoms with E-state index in [9.17, 15) is 14.7 Å². The highest BCUT2D eigenvalue weighted by Gasteiger charge is 2.46. The van der Waals surface area contributed by atoms with Crippen molar-refractivity contribution in [1.29, 1.82) is 0 Å². The van der Waals surface area contributed by atoms with Gasteiger partial charge in [-0.3, -0.25) is 14.5 Å². The lowest BCUT2D eigenvalue weighted by Crippen LogP contribution is -2.39. The number of carbonyl (C=O) groups is 2. The predicted octanol–water partition coefficient (Wildman–Crippen LogP) is 4.74. The maximum atomic E-state index is 13.6.